The van der Waals surface area contributed by atoms with Gasteiger partial charge in [-0.05, 0) is 64.0 Å². The molecule has 0 aliphatic carbocycles. The van der Waals surface area contributed by atoms with Gasteiger partial charge >= 0.3 is 0 Å². The third-order valence-corrected chi connectivity index (χ3v) is 5.82. The molecule has 0 saturated carbocycles. The van der Waals surface area contributed by atoms with E-state index in [0.29, 0.717) is 22.8 Å². The highest BCUT2D eigenvalue weighted by Gasteiger charge is 2.19. The fourth-order valence-electron chi connectivity index (χ4n) is 4.20. The number of ketones is 1. The Kier molecular flexibility index (Phi) is 5.93. The van der Waals surface area contributed by atoms with Crippen molar-refractivity contribution in [2.24, 2.45) is 0 Å². The summed E-state index contributed by atoms with van der Waals surface area (Å²) in [5.74, 6) is 1.24. The van der Waals surface area contributed by atoms with E-state index in [4.69, 9.17) is 14.2 Å². The van der Waals surface area contributed by atoms with Gasteiger partial charge in [0.15, 0.2) is 0 Å². The maximum absolute atomic E-state index is 13.3. The molecule has 0 N–H and O–H groups in total. The SMILES string of the molecule is COc1ccccc1C(OC)Oc1ccc2cc(C(=O)c3ccccn3)c3ccccc3c2c1. The zero-order chi connectivity index (χ0) is 23.5. The first-order valence-electron chi connectivity index (χ1n) is 10.9. The van der Waals surface area contributed by atoms with Crippen molar-refractivity contribution in [2.45, 2.75) is 6.29 Å². The van der Waals surface area contributed by atoms with Gasteiger partial charge in [0.2, 0.25) is 12.1 Å². The maximum Gasteiger partial charge on any atom is 0.230 e. The Hall–Kier alpha value is -4.22. The summed E-state index contributed by atoms with van der Waals surface area (Å²) in [4.78, 5) is 17.5. The number of fused-ring (bicyclic) bond motifs is 3. The molecule has 168 valence electrons. The van der Waals surface area contributed by atoms with Gasteiger partial charge in [-0.15, -0.1) is 0 Å². The molecule has 5 aromatic rings. The molecular formula is C29H23NO4. The minimum atomic E-state index is -0.634. The Labute approximate surface area is 197 Å². The van der Waals surface area contributed by atoms with Crippen molar-refractivity contribution in [3.05, 3.63) is 114 Å². The number of methoxy groups -OCH3 is 2. The van der Waals surface area contributed by atoms with E-state index < -0.39 is 6.29 Å². The molecule has 1 heterocycles. The van der Waals surface area contributed by atoms with Crippen molar-refractivity contribution in [3.63, 3.8) is 0 Å². The number of hydrogen-bond acceptors (Lipinski definition) is 5. The van der Waals surface area contributed by atoms with Crippen LogP contribution in [0.4, 0.5) is 0 Å². The second kappa shape index (κ2) is 9.33. The van der Waals surface area contributed by atoms with Crippen molar-refractivity contribution in [2.75, 3.05) is 14.2 Å². The topological polar surface area (TPSA) is 57.7 Å². The van der Waals surface area contributed by atoms with Crippen LogP contribution < -0.4 is 9.47 Å². The Morgan fingerprint density at radius 1 is 0.794 bits per heavy atom. The Morgan fingerprint density at radius 3 is 2.32 bits per heavy atom. The van der Waals surface area contributed by atoms with Crippen LogP contribution in [0.25, 0.3) is 21.5 Å². The van der Waals surface area contributed by atoms with E-state index in [1.54, 1.807) is 32.5 Å². The molecule has 4 aromatic carbocycles. The Morgan fingerprint density at radius 2 is 1.56 bits per heavy atom. The largest absolute Gasteiger partial charge is 0.496 e. The number of carbonyl (C=O) groups excluding carboxylic acids is 1. The third kappa shape index (κ3) is 3.98. The van der Waals surface area contributed by atoms with Gasteiger partial charge in [-0.25, -0.2) is 0 Å². The van der Waals surface area contributed by atoms with E-state index in [1.807, 2.05) is 78.9 Å². The highest BCUT2D eigenvalue weighted by Crippen LogP contribution is 2.35. The summed E-state index contributed by atoms with van der Waals surface area (Å²) in [5, 5.41) is 3.77. The van der Waals surface area contributed by atoms with Crippen LogP contribution >= 0.6 is 0 Å². The highest BCUT2D eigenvalue weighted by molar-refractivity contribution is 6.21. The quantitative estimate of drug-likeness (QED) is 0.165. The molecular weight excluding hydrogens is 426 g/mol. The molecule has 1 atom stereocenters. The Balaban J connectivity index is 1.59. The number of ether oxygens (including phenoxy) is 3. The van der Waals surface area contributed by atoms with E-state index in [1.165, 1.54) is 0 Å². The van der Waals surface area contributed by atoms with Crippen LogP contribution in [-0.2, 0) is 4.74 Å². The minimum absolute atomic E-state index is 0.102. The van der Waals surface area contributed by atoms with Gasteiger partial charge in [-0.2, -0.15) is 0 Å². The van der Waals surface area contributed by atoms with E-state index >= 15 is 0 Å². The third-order valence-electron chi connectivity index (χ3n) is 5.82. The lowest BCUT2D eigenvalue weighted by Crippen LogP contribution is -2.11. The van der Waals surface area contributed by atoms with E-state index in [-0.39, 0.29) is 5.78 Å². The zero-order valence-corrected chi connectivity index (χ0v) is 18.9. The predicted molar refractivity (Wildman–Crippen MR) is 132 cm³/mol. The summed E-state index contributed by atoms with van der Waals surface area (Å²) in [6.07, 6.45) is 0.999. The normalized spacial score (nSPS) is 11.9. The number of rotatable bonds is 7. The monoisotopic (exact) mass is 449 g/mol. The molecule has 0 spiro atoms. The van der Waals surface area contributed by atoms with Gasteiger partial charge in [-0.3, -0.25) is 9.78 Å². The minimum Gasteiger partial charge on any atom is -0.496 e. The van der Waals surface area contributed by atoms with Crippen LogP contribution in [-0.4, -0.2) is 25.0 Å². The van der Waals surface area contributed by atoms with Gasteiger partial charge < -0.3 is 14.2 Å². The van der Waals surface area contributed by atoms with Crippen LogP contribution in [0.5, 0.6) is 11.5 Å². The molecule has 0 amide bonds. The molecule has 5 nitrogen and oxygen atoms in total. The standard InChI is InChI=1S/C29H23NO4/c1-32-27-13-6-5-11-23(27)29(33-2)34-20-15-14-19-17-25(28(31)26-12-7-8-16-30-26)22-10-4-3-9-21(22)24(19)18-20/h3-18,29H,1-2H3. The van der Waals surface area contributed by atoms with Crippen molar-refractivity contribution < 1.29 is 19.0 Å². The summed E-state index contributed by atoms with van der Waals surface area (Å²) < 4.78 is 17.3. The van der Waals surface area contributed by atoms with E-state index in [0.717, 1.165) is 27.1 Å². The van der Waals surface area contributed by atoms with Crippen molar-refractivity contribution in [3.8, 4) is 11.5 Å². The maximum atomic E-state index is 13.3. The zero-order valence-electron chi connectivity index (χ0n) is 18.9. The molecule has 0 radical (unpaired) electrons. The number of benzene rings is 4. The van der Waals surface area contributed by atoms with Gasteiger partial charge in [0, 0.05) is 18.9 Å². The van der Waals surface area contributed by atoms with Gasteiger partial charge in [0.25, 0.3) is 0 Å². The van der Waals surface area contributed by atoms with Crippen LogP contribution in [0.3, 0.4) is 0 Å². The molecule has 0 fully saturated rings. The van der Waals surface area contributed by atoms with Crippen LogP contribution in [0, 0.1) is 0 Å². The summed E-state index contributed by atoms with van der Waals surface area (Å²) in [6.45, 7) is 0. The van der Waals surface area contributed by atoms with Crippen molar-refractivity contribution in [1.29, 1.82) is 0 Å². The van der Waals surface area contributed by atoms with Crippen LogP contribution in [0.2, 0.25) is 0 Å². The number of carbonyl (C=O) groups is 1. The average Bonchev–Trinajstić information content (AvgIpc) is 2.91. The molecule has 5 heteroatoms. The lowest BCUT2D eigenvalue weighted by Gasteiger charge is -2.20. The summed E-state index contributed by atoms with van der Waals surface area (Å²) >= 11 is 0. The first-order chi connectivity index (χ1) is 16.7. The molecule has 5 rings (SSSR count). The molecule has 1 aromatic heterocycles. The summed E-state index contributed by atoms with van der Waals surface area (Å²) in [7, 11) is 3.22. The van der Waals surface area contributed by atoms with Crippen molar-refractivity contribution >= 4 is 27.3 Å². The van der Waals surface area contributed by atoms with Crippen LogP contribution in [0.1, 0.15) is 27.9 Å². The smallest absolute Gasteiger partial charge is 0.230 e. The Bertz CT molecular complexity index is 1480. The molecule has 34 heavy (non-hydrogen) atoms. The molecule has 0 aliphatic rings. The fourth-order valence-corrected chi connectivity index (χ4v) is 4.20. The van der Waals surface area contributed by atoms with E-state index in [2.05, 4.69) is 4.98 Å². The first-order valence-corrected chi connectivity index (χ1v) is 10.9. The van der Waals surface area contributed by atoms with Crippen molar-refractivity contribution in [1.82, 2.24) is 4.98 Å². The average molecular weight is 450 g/mol. The molecule has 0 saturated heterocycles. The molecule has 0 aliphatic heterocycles. The number of aromatic nitrogens is 1. The summed E-state index contributed by atoms with van der Waals surface area (Å²) in [6, 6.07) is 28.6. The van der Waals surface area contributed by atoms with Gasteiger partial charge in [0.05, 0.1) is 12.7 Å². The van der Waals surface area contributed by atoms with Gasteiger partial charge in [0.1, 0.15) is 17.2 Å². The number of pyridine rings is 1. The molecule has 1 unspecified atom stereocenters. The highest BCUT2D eigenvalue weighted by atomic mass is 16.7. The number of hydrogen-bond donors (Lipinski definition) is 0. The van der Waals surface area contributed by atoms with Crippen LogP contribution in [0.15, 0.2) is 97.2 Å². The second-order valence-corrected chi connectivity index (χ2v) is 7.82. The number of nitrogens with zero attached hydrogens (tertiary/aromatic N) is 1. The lowest BCUT2D eigenvalue weighted by atomic mass is 9.94. The van der Waals surface area contributed by atoms with Gasteiger partial charge in [-0.1, -0.05) is 48.5 Å². The first kappa shape index (κ1) is 21.6. The lowest BCUT2D eigenvalue weighted by molar-refractivity contribution is -0.0573. The predicted octanol–water partition coefficient (Wildman–Crippen LogP) is 6.35. The second-order valence-electron chi connectivity index (χ2n) is 7.82. The summed E-state index contributed by atoms with van der Waals surface area (Å²) in [5.41, 5.74) is 1.85. The number of para-hydroxylation sites is 1. The van der Waals surface area contributed by atoms with E-state index in [9.17, 15) is 4.79 Å². The fraction of sp³-hybridized carbons (Fsp3) is 0.103. The molecule has 0 bridgehead atoms.